The van der Waals surface area contributed by atoms with Crippen LogP contribution in [0.1, 0.15) is 16.7 Å². The Bertz CT molecular complexity index is 546. The summed E-state index contributed by atoms with van der Waals surface area (Å²) in [4.78, 5) is 0. The van der Waals surface area contributed by atoms with Crippen LogP contribution in [0.25, 0.3) is 6.08 Å². The molecule has 0 aliphatic rings. The maximum absolute atomic E-state index is 12.7. The predicted molar refractivity (Wildman–Crippen MR) is 78.5 cm³/mol. The van der Waals surface area contributed by atoms with Gasteiger partial charge in [-0.25, -0.2) is 4.39 Å². The molecule has 0 fully saturated rings. The number of rotatable bonds is 4. The van der Waals surface area contributed by atoms with Gasteiger partial charge in [-0.2, -0.15) is 0 Å². The van der Waals surface area contributed by atoms with Gasteiger partial charge in [-0.05, 0) is 41.9 Å². The van der Waals surface area contributed by atoms with Crippen molar-refractivity contribution in [1.29, 1.82) is 0 Å². The Kier molecular flexibility index (Phi) is 4.77. The summed E-state index contributed by atoms with van der Waals surface area (Å²) in [5.74, 6) is 0.232. The lowest BCUT2D eigenvalue weighted by atomic mass is 10.2. The molecule has 98 valence electrons. The molecule has 0 amide bonds. The Morgan fingerprint density at radius 2 is 1.68 bits per heavy atom. The van der Waals surface area contributed by atoms with Gasteiger partial charge in [0.25, 0.3) is 0 Å². The molecule has 2 aromatic rings. The first-order valence-electron chi connectivity index (χ1n) is 6.00. The van der Waals surface area contributed by atoms with Gasteiger partial charge in [-0.1, -0.05) is 42.0 Å². The van der Waals surface area contributed by atoms with E-state index in [4.69, 9.17) is 0 Å². The minimum Gasteiger partial charge on any atom is -0.612 e. The third-order valence-corrected chi connectivity index (χ3v) is 3.77. The van der Waals surface area contributed by atoms with Crippen LogP contribution >= 0.6 is 0 Å². The molecule has 3 heteroatoms. The van der Waals surface area contributed by atoms with Gasteiger partial charge >= 0.3 is 0 Å². The topological polar surface area (TPSA) is 23.1 Å². The van der Waals surface area contributed by atoms with Gasteiger partial charge < -0.3 is 4.55 Å². The summed E-state index contributed by atoms with van der Waals surface area (Å²) in [5, 5.41) is 1.65. The Hall–Kier alpha value is -1.58. The van der Waals surface area contributed by atoms with Crippen LogP contribution < -0.4 is 0 Å². The number of aryl methyl sites for hydroxylation is 1. The highest BCUT2D eigenvalue weighted by molar-refractivity contribution is 7.93. The molecule has 2 rings (SSSR count). The van der Waals surface area contributed by atoms with E-state index in [0.29, 0.717) is 5.75 Å². The molecule has 0 bridgehead atoms. The maximum atomic E-state index is 12.7. The number of hydrogen-bond acceptors (Lipinski definition) is 1. The Morgan fingerprint density at radius 1 is 1.05 bits per heavy atom. The molecule has 0 saturated carbocycles. The van der Waals surface area contributed by atoms with Crippen molar-refractivity contribution in [3.05, 3.63) is 76.4 Å². The first-order valence-corrected chi connectivity index (χ1v) is 7.38. The molecule has 0 aliphatic carbocycles. The molecule has 0 aliphatic heterocycles. The lowest BCUT2D eigenvalue weighted by molar-refractivity contribution is 0.603. The van der Waals surface area contributed by atoms with E-state index in [9.17, 15) is 8.94 Å². The number of benzene rings is 2. The van der Waals surface area contributed by atoms with E-state index in [2.05, 4.69) is 0 Å². The zero-order valence-electron chi connectivity index (χ0n) is 10.7. The summed E-state index contributed by atoms with van der Waals surface area (Å²) in [5.41, 5.74) is 3.09. The average Bonchev–Trinajstić information content (AvgIpc) is 2.41. The van der Waals surface area contributed by atoms with Gasteiger partial charge in [0, 0.05) is 5.56 Å². The fourth-order valence-corrected chi connectivity index (χ4v) is 2.55. The summed E-state index contributed by atoms with van der Waals surface area (Å²) < 4.78 is 24.6. The zero-order valence-corrected chi connectivity index (χ0v) is 11.5. The molecule has 0 saturated heterocycles. The Morgan fingerprint density at radius 3 is 2.32 bits per heavy atom. The molecule has 0 radical (unpaired) electrons. The molecule has 1 nitrogen and oxygen atoms in total. The van der Waals surface area contributed by atoms with Crippen molar-refractivity contribution in [2.45, 2.75) is 12.7 Å². The maximum Gasteiger partial charge on any atom is 0.135 e. The van der Waals surface area contributed by atoms with Crippen LogP contribution in [0.15, 0.2) is 53.9 Å². The quantitative estimate of drug-likeness (QED) is 0.771. The van der Waals surface area contributed by atoms with Crippen LogP contribution in [-0.4, -0.2) is 4.55 Å². The fraction of sp³-hybridized carbons (Fsp3) is 0.125. The van der Waals surface area contributed by atoms with E-state index in [-0.39, 0.29) is 5.82 Å². The summed E-state index contributed by atoms with van der Waals surface area (Å²) in [6, 6.07) is 14.1. The molecule has 1 atom stereocenters. The normalized spacial score (nSPS) is 12.8. The van der Waals surface area contributed by atoms with Crippen LogP contribution in [-0.2, 0) is 16.9 Å². The predicted octanol–water partition coefficient (Wildman–Crippen LogP) is 4.05. The minimum absolute atomic E-state index is 0.266. The lowest BCUT2D eigenvalue weighted by Crippen LogP contribution is -1.99. The standard InChI is InChI=1S/C16H15FOS/c1-13-2-4-15(5-3-13)12-19(18)11-10-14-6-8-16(17)9-7-14/h2-11H,12H2,1H3/b11-10+. The van der Waals surface area contributed by atoms with Crippen molar-refractivity contribution in [2.75, 3.05) is 0 Å². The molecule has 1 unspecified atom stereocenters. The van der Waals surface area contributed by atoms with Crippen LogP contribution in [0.4, 0.5) is 4.39 Å². The highest BCUT2D eigenvalue weighted by atomic mass is 32.2. The smallest absolute Gasteiger partial charge is 0.135 e. The second-order valence-electron chi connectivity index (χ2n) is 4.36. The monoisotopic (exact) mass is 274 g/mol. The van der Waals surface area contributed by atoms with Crippen molar-refractivity contribution in [3.63, 3.8) is 0 Å². The van der Waals surface area contributed by atoms with E-state index in [0.717, 1.165) is 11.1 Å². The van der Waals surface area contributed by atoms with Crippen LogP contribution in [0.2, 0.25) is 0 Å². The highest BCUT2D eigenvalue weighted by Crippen LogP contribution is 2.11. The first-order chi connectivity index (χ1) is 9.13. The summed E-state index contributed by atoms with van der Waals surface area (Å²) in [6.07, 6.45) is 1.75. The lowest BCUT2D eigenvalue weighted by Gasteiger charge is -2.06. The third kappa shape index (κ3) is 4.54. The number of hydrogen-bond donors (Lipinski definition) is 0. The summed E-state index contributed by atoms with van der Waals surface area (Å²) in [7, 11) is 0. The summed E-state index contributed by atoms with van der Waals surface area (Å²) in [6.45, 7) is 2.02. The van der Waals surface area contributed by atoms with Crippen LogP contribution in [0.5, 0.6) is 0 Å². The molecule has 19 heavy (non-hydrogen) atoms. The first kappa shape index (κ1) is 13.8. The van der Waals surface area contributed by atoms with Gasteiger partial charge in [0.2, 0.25) is 0 Å². The van der Waals surface area contributed by atoms with E-state index in [1.165, 1.54) is 17.7 Å². The number of halogens is 1. The molecule has 0 aromatic heterocycles. The largest absolute Gasteiger partial charge is 0.612 e. The highest BCUT2D eigenvalue weighted by Gasteiger charge is 2.03. The van der Waals surface area contributed by atoms with Crippen molar-refractivity contribution in [3.8, 4) is 0 Å². The van der Waals surface area contributed by atoms with Crippen molar-refractivity contribution >= 4 is 17.3 Å². The second-order valence-corrected chi connectivity index (χ2v) is 5.69. The van der Waals surface area contributed by atoms with Gasteiger partial charge in [0.05, 0.1) is 0 Å². The Labute approximate surface area is 116 Å². The molecule has 0 heterocycles. The summed E-state index contributed by atoms with van der Waals surface area (Å²) >= 11 is -1.06. The van der Waals surface area contributed by atoms with Crippen molar-refractivity contribution < 1.29 is 8.94 Å². The molecule has 2 aromatic carbocycles. The van der Waals surface area contributed by atoms with Crippen LogP contribution in [0, 0.1) is 12.7 Å². The van der Waals surface area contributed by atoms with E-state index >= 15 is 0 Å². The van der Waals surface area contributed by atoms with E-state index in [1.807, 2.05) is 31.2 Å². The zero-order chi connectivity index (χ0) is 13.7. The van der Waals surface area contributed by atoms with Gasteiger partial charge in [-0.15, -0.1) is 0 Å². The SMILES string of the molecule is Cc1ccc(C[S+]([O-])/C=C/c2ccc(F)cc2)cc1. The van der Waals surface area contributed by atoms with E-state index < -0.39 is 11.2 Å². The second kappa shape index (κ2) is 6.55. The third-order valence-electron chi connectivity index (χ3n) is 2.71. The Balaban J connectivity index is 1.95. The van der Waals surface area contributed by atoms with Gasteiger partial charge in [-0.3, -0.25) is 0 Å². The van der Waals surface area contributed by atoms with Crippen molar-refractivity contribution in [1.82, 2.24) is 0 Å². The average molecular weight is 274 g/mol. The fourth-order valence-electron chi connectivity index (χ4n) is 1.63. The van der Waals surface area contributed by atoms with Gasteiger partial charge in [0.1, 0.15) is 17.0 Å². The van der Waals surface area contributed by atoms with Crippen LogP contribution in [0.3, 0.4) is 0 Å². The van der Waals surface area contributed by atoms with Gasteiger partial charge in [0.15, 0.2) is 0 Å². The molecule has 0 spiro atoms. The minimum atomic E-state index is -1.06. The molecule has 0 N–H and O–H groups in total. The molecular formula is C16H15FOS. The van der Waals surface area contributed by atoms with E-state index in [1.54, 1.807) is 23.6 Å². The van der Waals surface area contributed by atoms with Crippen molar-refractivity contribution in [2.24, 2.45) is 0 Å². The molecular weight excluding hydrogens is 259 g/mol.